The molecule has 3 aromatic rings. The SMILES string of the molecule is CCc1ccccc1Nc1nnc(SCC(=O)N2c3ccccc3NC(=O)C[C@H]2C)s1. The molecule has 2 heterocycles. The van der Waals surface area contributed by atoms with Gasteiger partial charge in [-0.3, -0.25) is 9.59 Å². The third-order valence-corrected chi connectivity index (χ3v) is 6.95. The molecule has 7 nitrogen and oxygen atoms in total. The first-order chi connectivity index (χ1) is 15.0. The monoisotopic (exact) mass is 453 g/mol. The number of para-hydroxylation sites is 3. The van der Waals surface area contributed by atoms with Crippen LogP contribution in [0.25, 0.3) is 0 Å². The zero-order valence-corrected chi connectivity index (χ0v) is 18.9. The van der Waals surface area contributed by atoms with Crippen molar-refractivity contribution in [3.05, 3.63) is 54.1 Å². The summed E-state index contributed by atoms with van der Waals surface area (Å²) in [7, 11) is 0. The molecule has 0 radical (unpaired) electrons. The minimum Gasteiger partial charge on any atom is -0.330 e. The minimum atomic E-state index is -0.228. The molecule has 2 N–H and O–H groups in total. The van der Waals surface area contributed by atoms with E-state index in [2.05, 4.69) is 33.8 Å². The van der Waals surface area contributed by atoms with E-state index >= 15 is 0 Å². The first-order valence-electron chi connectivity index (χ1n) is 10.1. The molecule has 0 saturated carbocycles. The Morgan fingerprint density at radius 3 is 2.84 bits per heavy atom. The number of carbonyl (C=O) groups excluding carboxylic acids is 2. The number of nitrogens with zero attached hydrogens (tertiary/aromatic N) is 3. The molecule has 160 valence electrons. The van der Waals surface area contributed by atoms with Gasteiger partial charge >= 0.3 is 0 Å². The second-order valence-electron chi connectivity index (χ2n) is 7.18. The molecule has 0 bridgehead atoms. The quantitative estimate of drug-likeness (QED) is 0.526. The van der Waals surface area contributed by atoms with Gasteiger partial charge in [-0.15, -0.1) is 10.2 Å². The Kier molecular flexibility index (Phi) is 6.53. The van der Waals surface area contributed by atoms with E-state index in [-0.39, 0.29) is 30.0 Å². The van der Waals surface area contributed by atoms with Gasteiger partial charge in [0.15, 0.2) is 4.34 Å². The number of rotatable bonds is 6. The van der Waals surface area contributed by atoms with Gasteiger partial charge < -0.3 is 15.5 Å². The highest BCUT2D eigenvalue weighted by Crippen LogP contribution is 2.33. The predicted molar refractivity (Wildman–Crippen MR) is 126 cm³/mol. The lowest BCUT2D eigenvalue weighted by molar-refractivity contribution is -0.117. The van der Waals surface area contributed by atoms with E-state index in [1.165, 1.54) is 28.7 Å². The molecule has 0 spiro atoms. The Morgan fingerprint density at radius 2 is 2.00 bits per heavy atom. The van der Waals surface area contributed by atoms with Gasteiger partial charge in [-0.1, -0.05) is 60.4 Å². The Morgan fingerprint density at radius 1 is 1.23 bits per heavy atom. The van der Waals surface area contributed by atoms with Crippen LogP contribution < -0.4 is 15.5 Å². The molecule has 2 aromatic carbocycles. The molecular formula is C22H23N5O2S2. The van der Waals surface area contributed by atoms with Gasteiger partial charge in [0, 0.05) is 18.2 Å². The summed E-state index contributed by atoms with van der Waals surface area (Å²) in [5, 5.41) is 15.3. The molecule has 1 aliphatic rings. The van der Waals surface area contributed by atoms with Gasteiger partial charge in [0.05, 0.1) is 17.1 Å². The molecule has 1 aliphatic heterocycles. The van der Waals surface area contributed by atoms with Gasteiger partial charge in [-0.2, -0.15) is 0 Å². The number of hydrogen-bond acceptors (Lipinski definition) is 7. The fraction of sp³-hybridized carbons (Fsp3) is 0.273. The molecule has 0 saturated heterocycles. The van der Waals surface area contributed by atoms with Crippen molar-refractivity contribution >= 4 is 57.1 Å². The van der Waals surface area contributed by atoms with E-state index in [1.54, 1.807) is 4.90 Å². The molecule has 4 rings (SSSR count). The van der Waals surface area contributed by atoms with Crippen LogP contribution >= 0.6 is 23.1 Å². The number of nitrogens with one attached hydrogen (secondary N) is 2. The van der Waals surface area contributed by atoms with Crippen LogP contribution in [0.2, 0.25) is 0 Å². The van der Waals surface area contributed by atoms with Crippen LogP contribution in [-0.2, 0) is 16.0 Å². The average Bonchev–Trinajstić information content (AvgIpc) is 3.16. The first kappa shape index (κ1) is 21.3. The molecule has 0 aliphatic carbocycles. The van der Waals surface area contributed by atoms with Crippen molar-refractivity contribution in [2.45, 2.75) is 37.1 Å². The van der Waals surface area contributed by atoms with Crippen molar-refractivity contribution in [1.29, 1.82) is 0 Å². The molecule has 1 atom stereocenters. The summed E-state index contributed by atoms with van der Waals surface area (Å²) in [4.78, 5) is 26.9. The zero-order chi connectivity index (χ0) is 21.8. The maximum atomic E-state index is 13.1. The Labute approximate surface area is 189 Å². The third-order valence-electron chi connectivity index (χ3n) is 4.99. The number of amides is 2. The highest BCUT2D eigenvalue weighted by Gasteiger charge is 2.29. The summed E-state index contributed by atoms with van der Waals surface area (Å²) in [6.07, 6.45) is 1.18. The number of carbonyl (C=O) groups is 2. The molecule has 9 heteroatoms. The Hall–Kier alpha value is -2.91. The van der Waals surface area contributed by atoms with Gasteiger partial charge in [-0.05, 0) is 37.1 Å². The summed E-state index contributed by atoms with van der Waals surface area (Å²) >= 11 is 2.78. The predicted octanol–water partition coefficient (Wildman–Crippen LogP) is 4.70. The van der Waals surface area contributed by atoms with E-state index in [1.807, 2.05) is 49.4 Å². The highest BCUT2D eigenvalue weighted by molar-refractivity contribution is 8.01. The smallest absolute Gasteiger partial charge is 0.237 e. The molecule has 0 unspecified atom stereocenters. The van der Waals surface area contributed by atoms with Gasteiger partial charge in [0.25, 0.3) is 0 Å². The van der Waals surface area contributed by atoms with Crippen molar-refractivity contribution in [1.82, 2.24) is 10.2 Å². The number of fused-ring (bicyclic) bond motifs is 1. The maximum absolute atomic E-state index is 13.1. The second kappa shape index (κ2) is 9.49. The second-order valence-corrected chi connectivity index (χ2v) is 9.38. The molecule has 31 heavy (non-hydrogen) atoms. The third kappa shape index (κ3) is 4.88. The standard InChI is InChI=1S/C22H23N5O2S2/c1-3-15-8-4-5-9-16(15)24-21-25-26-22(31-21)30-13-20(29)27-14(2)12-19(28)23-17-10-6-7-11-18(17)27/h4-11,14H,3,12-13H2,1-2H3,(H,23,28)(H,24,25)/t14-/m1/s1. The Bertz CT molecular complexity index is 1100. The van der Waals surface area contributed by atoms with Crippen LogP contribution in [0.1, 0.15) is 25.8 Å². The van der Waals surface area contributed by atoms with Crippen LogP contribution in [-0.4, -0.2) is 33.8 Å². The van der Waals surface area contributed by atoms with Crippen molar-refractivity contribution in [3.63, 3.8) is 0 Å². The number of aryl methyl sites for hydroxylation is 1. The molecular weight excluding hydrogens is 430 g/mol. The summed E-state index contributed by atoms with van der Waals surface area (Å²) in [5.41, 5.74) is 3.61. The van der Waals surface area contributed by atoms with Crippen molar-refractivity contribution in [2.75, 3.05) is 21.3 Å². The number of benzene rings is 2. The summed E-state index contributed by atoms with van der Waals surface area (Å²) < 4.78 is 0.717. The number of hydrogen-bond donors (Lipinski definition) is 2. The maximum Gasteiger partial charge on any atom is 0.237 e. The van der Waals surface area contributed by atoms with Crippen LogP contribution in [0.5, 0.6) is 0 Å². The van der Waals surface area contributed by atoms with Gasteiger partial charge in [-0.25, -0.2) is 0 Å². The van der Waals surface area contributed by atoms with E-state index in [0.717, 1.165) is 22.1 Å². The fourth-order valence-corrected chi connectivity index (χ4v) is 5.17. The lowest BCUT2D eigenvalue weighted by Crippen LogP contribution is -2.40. The summed E-state index contributed by atoms with van der Waals surface area (Å²) in [6, 6.07) is 15.3. The molecule has 1 aromatic heterocycles. The van der Waals surface area contributed by atoms with E-state index in [4.69, 9.17) is 0 Å². The first-order valence-corrected chi connectivity index (χ1v) is 11.9. The zero-order valence-electron chi connectivity index (χ0n) is 17.3. The van der Waals surface area contributed by atoms with Crippen molar-refractivity contribution < 1.29 is 9.59 Å². The lowest BCUT2D eigenvalue weighted by Gasteiger charge is -2.27. The van der Waals surface area contributed by atoms with Crippen molar-refractivity contribution in [3.8, 4) is 0 Å². The van der Waals surface area contributed by atoms with Crippen LogP contribution in [0.15, 0.2) is 52.9 Å². The topological polar surface area (TPSA) is 87.2 Å². The van der Waals surface area contributed by atoms with Crippen LogP contribution in [0.4, 0.5) is 22.2 Å². The normalized spacial score (nSPS) is 15.7. The van der Waals surface area contributed by atoms with E-state index < -0.39 is 0 Å². The van der Waals surface area contributed by atoms with Gasteiger partial charge in [0.1, 0.15) is 0 Å². The number of thioether (sulfide) groups is 1. The number of anilines is 4. The van der Waals surface area contributed by atoms with Crippen LogP contribution in [0, 0.1) is 0 Å². The summed E-state index contributed by atoms with van der Waals surface area (Å²) in [5.74, 6) is 0.0603. The number of aromatic nitrogens is 2. The lowest BCUT2D eigenvalue weighted by atomic mass is 10.1. The highest BCUT2D eigenvalue weighted by atomic mass is 32.2. The molecule has 0 fully saturated rings. The van der Waals surface area contributed by atoms with Gasteiger partial charge in [0.2, 0.25) is 16.9 Å². The van der Waals surface area contributed by atoms with E-state index in [0.29, 0.717) is 10.8 Å². The van der Waals surface area contributed by atoms with Crippen LogP contribution in [0.3, 0.4) is 0 Å². The minimum absolute atomic E-state index is 0.0671. The van der Waals surface area contributed by atoms with E-state index in [9.17, 15) is 9.59 Å². The fourth-order valence-electron chi connectivity index (χ4n) is 3.55. The molecule has 2 amide bonds. The summed E-state index contributed by atoms with van der Waals surface area (Å²) in [6.45, 7) is 4.00. The average molecular weight is 454 g/mol. The van der Waals surface area contributed by atoms with Crippen molar-refractivity contribution in [2.24, 2.45) is 0 Å². The Balaban J connectivity index is 1.44. The largest absolute Gasteiger partial charge is 0.330 e.